The van der Waals surface area contributed by atoms with Crippen molar-refractivity contribution in [3.8, 4) is 0 Å². The molecule has 0 aliphatic carbocycles. The first-order valence-electron chi connectivity index (χ1n) is 7.95. The lowest BCUT2D eigenvalue weighted by molar-refractivity contribution is -0.154. The third-order valence-corrected chi connectivity index (χ3v) is 3.58. The summed E-state index contributed by atoms with van der Waals surface area (Å²) in [7, 11) is 1.39. The predicted octanol–water partition coefficient (Wildman–Crippen LogP) is 2.30. The van der Waals surface area contributed by atoms with Crippen LogP contribution in [-0.2, 0) is 26.2 Å². The molecule has 0 saturated heterocycles. The summed E-state index contributed by atoms with van der Waals surface area (Å²) in [6, 6.07) is 7.47. The number of urea groups is 1. The monoisotopic (exact) mass is 334 g/mol. The highest BCUT2D eigenvalue weighted by atomic mass is 16.5. The van der Waals surface area contributed by atoms with E-state index < -0.39 is 24.0 Å². The van der Waals surface area contributed by atoms with Crippen LogP contribution in [0.25, 0.3) is 0 Å². The van der Waals surface area contributed by atoms with E-state index >= 15 is 0 Å². The minimum atomic E-state index is -1.02. The Morgan fingerprint density at radius 2 is 1.71 bits per heavy atom. The average molecular weight is 334 g/mol. The maximum atomic E-state index is 11.8. The third-order valence-electron chi connectivity index (χ3n) is 3.58. The van der Waals surface area contributed by atoms with Crippen LogP contribution in [0, 0.1) is 0 Å². The molecule has 0 saturated carbocycles. The SMILES string of the molecule is CNC(=O)NC(=O)[C@@H](C)OC(=O)CCc1ccc(C(C)(C)C)cc1. The van der Waals surface area contributed by atoms with Crippen LogP contribution < -0.4 is 10.6 Å². The quantitative estimate of drug-likeness (QED) is 0.809. The van der Waals surface area contributed by atoms with Crippen LogP contribution >= 0.6 is 0 Å². The second-order valence-corrected chi connectivity index (χ2v) is 6.65. The Kier molecular flexibility index (Phi) is 6.95. The van der Waals surface area contributed by atoms with Gasteiger partial charge in [-0.15, -0.1) is 0 Å². The summed E-state index contributed by atoms with van der Waals surface area (Å²) in [5.74, 6) is -1.13. The Labute approximate surface area is 143 Å². The Hall–Kier alpha value is -2.37. The van der Waals surface area contributed by atoms with Gasteiger partial charge in [-0.05, 0) is 29.9 Å². The summed E-state index contributed by atoms with van der Waals surface area (Å²) in [5, 5.41) is 4.32. The minimum Gasteiger partial charge on any atom is -0.453 e. The topological polar surface area (TPSA) is 84.5 Å². The highest BCUT2D eigenvalue weighted by Gasteiger charge is 2.19. The van der Waals surface area contributed by atoms with Crippen LogP contribution in [0.2, 0.25) is 0 Å². The van der Waals surface area contributed by atoms with E-state index in [9.17, 15) is 14.4 Å². The molecular formula is C18H26N2O4. The fourth-order valence-corrected chi connectivity index (χ4v) is 2.00. The Balaban J connectivity index is 2.46. The van der Waals surface area contributed by atoms with Gasteiger partial charge in [0.2, 0.25) is 0 Å². The van der Waals surface area contributed by atoms with Crippen LogP contribution in [0.5, 0.6) is 0 Å². The number of rotatable bonds is 5. The third kappa shape index (κ3) is 6.40. The summed E-state index contributed by atoms with van der Waals surface area (Å²) in [6.07, 6.45) is -0.308. The van der Waals surface area contributed by atoms with Gasteiger partial charge in [0.05, 0.1) is 0 Å². The zero-order chi connectivity index (χ0) is 18.3. The molecule has 1 atom stereocenters. The van der Waals surface area contributed by atoms with E-state index in [0.29, 0.717) is 6.42 Å². The number of hydrogen-bond donors (Lipinski definition) is 2. The number of aryl methyl sites for hydroxylation is 1. The largest absolute Gasteiger partial charge is 0.453 e. The maximum absolute atomic E-state index is 11.8. The molecule has 1 aromatic carbocycles. The van der Waals surface area contributed by atoms with Gasteiger partial charge in [-0.1, -0.05) is 45.0 Å². The number of benzene rings is 1. The van der Waals surface area contributed by atoms with Gasteiger partial charge in [0, 0.05) is 13.5 Å². The number of hydrogen-bond acceptors (Lipinski definition) is 4. The van der Waals surface area contributed by atoms with Gasteiger partial charge in [-0.25, -0.2) is 4.79 Å². The predicted molar refractivity (Wildman–Crippen MR) is 91.6 cm³/mol. The van der Waals surface area contributed by atoms with E-state index in [2.05, 4.69) is 43.5 Å². The van der Waals surface area contributed by atoms with Crippen LogP contribution in [-0.4, -0.2) is 31.1 Å². The molecule has 132 valence electrons. The van der Waals surface area contributed by atoms with Crippen molar-refractivity contribution in [2.45, 2.75) is 52.1 Å². The summed E-state index contributed by atoms with van der Waals surface area (Å²) < 4.78 is 5.03. The molecule has 1 aromatic rings. The Morgan fingerprint density at radius 1 is 1.12 bits per heavy atom. The van der Waals surface area contributed by atoms with Crippen molar-refractivity contribution >= 4 is 17.9 Å². The van der Waals surface area contributed by atoms with Crippen molar-refractivity contribution in [1.29, 1.82) is 0 Å². The normalized spacial score (nSPS) is 12.2. The van der Waals surface area contributed by atoms with E-state index in [1.807, 2.05) is 12.1 Å². The molecule has 0 spiro atoms. The summed E-state index contributed by atoms with van der Waals surface area (Å²) in [5.41, 5.74) is 2.35. The van der Waals surface area contributed by atoms with Crippen LogP contribution in [0.15, 0.2) is 24.3 Å². The van der Waals surface area contributed by atoms with Gasteiger partial charge < -0.3 is 10.1 Å². The fraction of sp³-hybridized carbons (Fsp3) is 0.500. The number of esters is 1. The molecule has 0 unspecified atom stereocenters. The van der Waals surface area contributed by atoms with Gasteiger partial charge in [-0.3, -0.25) is 14.9 Å². The zero-order valence-corrected chi connectivity index (χ0v) is 14.9. The highest BCUT2D eigenvalue weighted by Crippen LogP contribution is 2.22. The van der Waals surface area contributed by atoms with Gasteiger partial charge >= 0.3 is 12.0 Å². The second-order valence-electron chi connectivity index (χ2n) is 6.65. The molecule has 3 amide bonds. The molecule has 0 aliphatic rings. The molecule has 24 heavy (non-hydrogen) atoms. The number of carbonyl (C=O) groups is 3. The van der Waals surface area contributed by atoms with Gasteiger partial charge in [0.25, 0.3) is 5.91 Å². The lowest BCUT2D eigenvalue weighted by Crippen LogP contribution is -2.43. The average Bonchev–Trinajstić information content (AvgIpc) is 2.52. The number of ether oxygens (including phenoxy) is 1. The molecule has 0 aliphatic heterocycles. The van der Waals surface area contributed by atoms with E-state index in [1.54, 1.807) is 0 Å². The lowest BCUT2D eigenvalue weighted by Gasteiger charge is -2.19. The van der Waals surface area contributed by atoms with E-state index in [-0.39, 0.29) is 11.8 Å². The van der Waals surface area contributed by atoms with Gasteiger partial charge in [0.15, 0.2) is 6.10 Å². The number of carbonyl (C=O) groups excluding carboxylic acids is 3. The molecule has 2 N–H and O–H groups in total. The molecule has 6 heteroatoms. The first kappa shape index (κ1) is 19.7. The van der Waals surface area contributed by atoms with Crippen LogP contribution in [0.1, 0.15) is 45.2 Å². The molecular weight excluding hydrogens is 308 g/mol. The van der Waals surface area contributed by atoms with Gasteiger partial charge in [-0.2, -0.15) is 0 Å². The number of imide groups is 1. The first-order valence-corrected chi connectivity index (χ1v) is 7.95. The fourth-order valence-electron chi connectivity index (χ4n) is 2.00. The molecule has 0 heterocycles. The van der Waals surface area contributed by atoms with E-state index in [4.69, 9.17) is 4.74 Å². The Bertz CT molecular complexity index is 588. The van der Waals surface area contributed by atoms with Crippen LogP contribution in [0.3, 0.4) is 0 Å². The Morgan fingerprint density at radius 3 is 2.21 bits per heavy atom. The van der Waals surface area contributed by atoms with Crippen molar-refractivity contribution in [3.63, 3.8) is 0 Å². The van der Waals surface area contributed by atoms with Gasteiger partial charge in [0.1, 0.15) is 0 Å². The van der Waals surface area contributed by atoms with Crippen molar-refractivity contribution in [3.05, 3.63) is 35.4 Å². The highest BCUT2D eigenvalue weighted by molar-refractivity contribution is 5.96. The summed E-state index contributed by atoms with van der Waals surface area (Å²) in [6.45, 7) is 7.86. The minimum absolute atomic E-state index is 0.0883. The van der Waals surface area contributed by atoms with Crippen molar-refractivity contribution in [2.24, 2.45) is 0 Å². The standard InChI is InChI=1S/C18H26N2O4/c1-12(16(22)20-17(23)19-5)24-15(21)11-8-13-6-9-14(10-7-13)18(2,3)4/h6-7,9-10,12H,8,11H2,1-5H3,(H2,19,20,22,23)/t12-/m1/s1. The second kappa shape index (κ2) is 8.47. The number of amides is 3. The van der Waals surface area contributed by atoms with Crippen molar-refractivity contribution in [1.82, 2.24) is 10.6 Å². The van der Waals surface area contributed by atoms with E-state index in [0.717, 1.165) is 5.56 Å². The molecule has 1 rings (SSSR count). The summed E-state index contributed by atoms with van der Waals surface area (Å²) >= 11 is 0. The van der Waals surface area contributed by atoms with E-state index in [1.165, 1.54) is 19.5 Å². The molecule has 0 radical (unpaired) electrons. The van der Waals surface area contributed by atoms with Crippen molar-refractivity contribution < 1.29 is 19.1 Å². The first-order chi connectivity index (χ1) is 11.1. The smallest absolute Gasteiger partial charge is 0.321 e. The molecule has 0 fully saturated rings. The van der Waals surface area contributed by atoms with Crippen LogP contribution in [0.4, 0.5) is 4.79 Å². The molecule has 0 bridgehead atoms. The molecule has 6 nitrogen and oxygen atoms in total. The summed E-state index contributed by atoms with van der Waals surface area (Å²) in [4.78, 5) is 34.5. The lowest BCUT2D eigenvalue weighted by atomic mass is 9.86. The zero-order valence-electron chi connectivity index (χ0n) is 14.9. The van der Waals surface area contributed by atoms with Crippen molar-refractivity contribution in [2.75, 3.05) is 7.05 Å². The number of nitrogens with one attached hydrogen (secondary N) is 2. The molecule has 0 aromatic heterocycles. The maximum Gasteiger partial charge on any atom is 0.321 e.